The normalized spacial score (nSPS) is 15.2. The van der Waals surface area contributed by atoms with Crippen LogP contribution in [0.1, 0.15) is 49.5 Å². The third kappa shape index (κ3) is 3.75. The van der Waals surface area contributed by atoms with E-state index in [1.807, 2.05) is 19.1 Å². The van der Waals surface area contributed by atoms with Gasteiger partial charge in [-0.05, 0) is 61.7 Å². The van der Waals surface area contributed by atoms with E-state index in [2.05, 4.69) is 21.2 Å². The van der Waals surface area contributed by atoms with Crippen molar-refractivity contribution in [3.05, 3.63) is 63.1 Å². The lowest BCUT2D eigenvalue weighted by atomic mass is 10.0. The highest BCUT2D eigenvalue weighted by atomic mass is 79.9. The average molecular weight is 470 g/mol. The molecule has 0 atom stereocenters. The lowest BCUT2D eigenvalue weighted by molar-refractivity contribution is -0.116. The minimum absolute atomic E-state index is 0.0232. The third-order valence-electron chi connectivity index (χ3n) is 5.27. The van der Waals surface area contributed by atoms with Crippen LogP contribution in [-0.4, -0.2) is 53.1 Å². The van der Waals surface area contributed by atoms with Gasteiger partial charge in [-0.2, -0.15) is 0 Å². The van der Waals surface area contributed by atoms with E-state index in [9.17, 15) is 19.2 Å². The van der Waals surface area contributed by atoms with Gasteiger partial charge in [0.15, 0.2) is 0 Å². The number of rotatable bonds is 5. The summed E-state index contributed by atoms with van der Waals surface area (Å²) in [6.45, 7) is 1.73. The molecular formula is C22H20BrN3O4. The molecule has 2 aromatic carbocycles. The average Bonchev–Trinajstić information content (AvgIpc) is 3.50. The molecule has 1 aliphatic heterocycles. The lowest BCUT2D eigenvalue weighted by Gasteiger charge is -2.18. The summed E-state index contributed by atoms with van der Waals surface area (Å²) in [4.78, 5) is 52.7. The van der Waals surface area contributed by atoms with Crippen LogP contribution in [0, 0.1) is 6.92 Å². The number of likely N-dealkylation sites (N-methyl/N-ethyl adjacent to an activating group) is 1. The van der Waals surface area contributed by atoms with E-state index in [-0.39, 0.29) is 41.4 Å². The molecule has 7 nitrogen and oxygen atoms in total. The largest absolute Gasteiger partial charge is 0.332 e. The quantitative estimate of drug-likeness (QED) is 0.680. The summed E-state index contributed by atoms with van der Waals surface area (Å²) in [5, 5.41) is 2.80. The number of imide groups is 1. The number of carbonyl (C=O) groups excluding carboxylic acids is 4. The van der Waals surface area contributed by atoms with Crippen LogP contribution in [0.25, 0.3) is 0 Å². The van der Waals surface area contributed by atoms with Crippen molar-refractivity contribution in [2.75, 3.05) is 18.9 Å². The number of fused-ring (bicyclic) bond motifs is 1. The minimum Gasteiger partial charge on any atom is -0.332 e. The van der Waals surface area contributed by atoms with Crippen LogP contribution in [0.15, 0.2) is 40.9 Å². The number of benzene rings is 2. The van der Waals surface area contributed by atoms with Gasteiger partial charge in [0.25, 0.3) is 17.7 Å². The fraction of sp³-hybridized carbons (Fsp3) is 0.273. The molecule has 8 heteroatoms. The molecule has 1 N–H and O–H groups in total. The maximum Gasteiger partial charge on any atom is 0.261 e. The predicted molar refractivity (Wildman–Crippen MR) is 114 cm³/mol. The molecule has 30 heavy (non-hydrogen) atoms. The van der Waals surface area contributed by atoms with Crippen LogP contribution in [0.2, 0.25) is 0 Å². The van der Waals surface area contributed by atoms with E-state index in [0.29, 0.717) is 11.3 Å². The van der Waals surface area contributed by atoms with Gasteiger partial charge in [-0.1, -0.05) is 15.9 Å². The smallest absolute Gasteiger partial charge is 0.261 e. The molecule has 0 bridgehead atoms. The molecule has 2 aromatic rings. The second kappa shape index (κ2) is 7.68. The molecule has 1 saturated carbocycles. The van der Waals surface area contributed by atoms with E-state index in [1.165, 1.54) is 35.0 Å². The first-order chi connectivity index (χ1) is 14.3. The fourth-order valence-corrected chi connectivity index (χ4v) is 4.00. The number of nitrogens with one attached hydrogen (secondary N) is 1. The molecule has 4 amide bonds. The van der Waals surface area contributed by atoms with Gasteiger partial charge in [0.05, 0.1) is 17.7 Å². The summed E-state index contributed by atoms with van der Waals surface area (Å²) in [5.41, 5.74) is 2.41. The van der Waals surface area contributed by atoms with Gasteiger partial charge in [-0.25, -0.2) is 0 Å². The first-order valence-electron chi connectivity index (χ1n) is 9.59. The Morgan fingerprint density at radius 1 is 1.10 bits per heavy atom. The maximum absolute atomic E-state index is 12.8. The van der Waals surface area contributed by atoms with Gasteiger partial charge in [-0.3, -0.25) is 24.1 Å². The topological polar surface area (TPSA) is 86.8 Å². The molecule has 154 valence electrons. The molecule has 0 spiro atoms. The molecule has 4 rings (SSSR count). The van der Waals surface area contributed by atoms with Crippen molar-refractivity contribution in [2.45, 2.75) is 25.8 Å². The number of nitrogens with zero attached hydrogens (tertiary/aromatic N) is 2. The zero-order chi connectivity index (χ0) is 21.6. The molecule has 2 aliphatic rings. The zero-order valence-electron chi connectivity index (χ0n) is 16.6. The predicted octanol–water partition coefficient (Wildman–Crippen LogP) is 3.23. The van der Waals surface area contributed by atoms with Crippen molar-refractivity contribution in [2.24, 2.45) is 0 Å². The van der Waals surface area contributed by atoms with Crippen molar-refractivity contribution in [1.29, 1.82) is 0 Å². The van der Waals surface area contributed by atoms with E-state index < -0.39 is 5.91 Å². The Morgan fingerprint density at radius 3 is 2.47 bits per heavy atom. The summed E-state index contributed by atoms with van der Waals surface area (Å²) >= 11 is 3.38. The molecule has 1 aliphatic carbocycles. The number of hydrogen-bond donors (Lipinski definition) is 1. The molecule has 1 fully saturated rings. The number of amides is 4. The van der Waals surface area contributed by atoms with Crippen LogP contribution >= 0.6 is 15.9 Å². The Hall–Kier alpha value is -3.00. The first-order valence-corrected chi connectivity index (χ1v) is 10.4. The maximum atomic E-state index is 12.8. The molecule has 0 saturated heterocycles. The summed E-state index contributed by atoms with van der Waals surface area (Å²) < 4.78 is 0.912. The summed E-state index contributed by atoms with van der Waals surface area (Å²) in [5.74, 6) is -1.37. The SMILES string of the molecule is Cc1cc(Br)ccc1NC(=O)CN(C)C(=O)c1ccc2c(c1)C(=O)N(C1CC1)C2=O. The van der Waals surface area contributed by atoms with E-state index in [1.54, 1.807) is 6.07 Å². The van der Waals surface area contributed by atoms with E-state index in [4.69, 9.17) is 0 Å². The van der Waals surface area contributed by atoms with Crippen LogP contribution in [0.3, 0.4) is 0 Å². The second-order valence-corrected chi connectivity index (χ2v) is 8.56. The molecular weight excluding hydrogens is 450 g/mol. The Kier molecular flexibility index (Phi) is 5.19. The number of halogens is 1. The monoisotopic (exact) mass is 469 g/mol. The van der Waals surface area contributed by atoms with Crippen molar-refractivity contribution < 1.29 is 19.2 Å². The second-order valence-electron chi connectivity index (χ2n) is 7.64. The molecule has 1 heterocycles. The fourth-order valence-electron chi connectivity index (χ4n) is 3.52. The summed E-state index contributed by atoms with van der Waals surface area (Å²) in [6, 6.07) is 9.97. The van der Waals surface area contributed by atoms with Crippen molar-refractivity contribution in [3.63, 3.8) is 0 Å². The van der Waals surface area contributed by atoms with Crippen LogP contribution in [0.5, 0.6) is 0 Å². The standard InChI is InChI=1S/C22H20BrN3O4/c1-12-9-14(23)4-8-18(12)24-19(27)11-25(2)20(28)13-3-7-16-17(10-13)22(30)26(21(16)29)15-5-6-15/h3-4,7-10,15H,5-6,11H2,1-2H3,(H,24,27). The molecule has 0 radical (unpaired) electrons. The Bertz CT molecular complexity index is 1090. The van der Waals surface area contributed by atoms with Gasteiger partial charge >= 0.3 is 0 Å². The molecule has 0 aromatic heterocycles. The van der Waals surface area contributed by atoms with Crippen molar-refractivity contribution in [1.82, 2.24) is 9.80 Å². The lowest BCUT2D eigenvalue weighted by Crippen LogP contribution is -2.35. The third-order valence-corrected chi connectivity index (χ3v) is 5.76. The van der Waals surface area contributed by atoms with Crippen molar-refractivity contribution in [3.8, 4) is 0 Å². The van der Waals surface area contributed by atoms with Gasteiger partial charge in [0, 0.05) is 28.8 Å². The number of carbonyl (C=O) groups is 4. The highest BCUT2D eigenvalue weighted by Gasteiger charge is 2.44. The van der Waals surface area contributed by atoms with E-state index in [0.717, 1.165) is 22.9 Å². The van der Waals surface area contributed by atoms with Crippen LogP contribution < -0.4 is 5.32 Å². The minimum atomic E-state index is -0.398. The van der Waals surface area contributed by atoms with Gasteiger partial charge in [0.2, 0.25) is 5.91 Å². The highest BCUT2D eigenvalue weighted by molar-refractivity contribution is 9.10. The number of aryl methyl sites for hydroxylation is 1. The Balaban J connectivity index is 1.45. The number of hydrogen-bond acceptors (Lipinski definition) is 4. The van der Waals surface area contributed by atoms with E-state index >= 15 is 0 Å². The van der Waals surface area contributed by atoms with Crippen molar-refractivity contribution >= 4 is 45.2 Å². The number of anilines is 1. The Labute approximate surface area is 182 Å². The van der Waals surface area contributed by atoms with Gasteiger partial charge in [-0.15, -0.1) is 0 Å². The van der Waals surface area contributed by atoms with Crippen LogP contribution in [0.4, 0.5) is 5.69 Å². The highest BCUT2D eigenvalue weighted by Crippen LogP contribution is 2.35. The van der Waals surface area contributed by atoms with Gasteiger partial charge < -0.3 is 10.2 Å². The Morgan fingerprint density at radius 2 is 1.80 bits per heavy atom. The summed E-state index contributed by atoms with van der Waals surface area (Å²) in [6.07, 6.45) is 1.65. The van der Waals surface area contributed by atoms with Gasteiger partial charge in [0.1, 0.15) is 0 Å². The summed E-state index contributed by atoms with van der Waals surface area (Å²) in [7, 11) is 1.52. The zero-order valence-corrected chi connectivity index (χ0v) is 18.2. The molecule has 0 unspecified atom stereocenters. The first kappa shape index (κ1) is 20.3. The van der Waals surface area contributed by atoms with Crippen LogP contribution in [-0.2, 0) is 4.79 Å².